The molecule has 0 aromatic heterocycles. The Morgan fingerprint density at radius 3 is 2.72 bits per heavy atom. The number of benzene rings is 1. The van der Waals surface area contributed by atoms with Gasteiger partial charge < -0.3 is 15.4 Å². The van der Waals surface area contributed by atoms with E-state index in [2.05, 4.69) is 10.6 Å². The Bertz CT molecular complexity index is 396. The molecule has 0 saturated heterocycles. The number of hydrogen-bond acceptors (Lipinski definition) is 2. The quantitative estimate of drug-likeness (QED) is 0.864. The van der Waals surface area contributed by atoms with Gasteiger partial charge in [0, 0.05) is 24.7 Å². The smallest absolute Gasteiger partial charge is 0.315 e. The molecule has 1 unspecified atom stereocenters. The minimum absolute atomic E-state index is 0.108. The van der Waals surface area contributed by atoms with Gasteiger partial charge in [-0.2, -0.15) is 0 Å². The summed E-state index contributed by atoms with van der Waals surface area (Å²) in [6, 6.07) is 7.32. The monoisotopic (exact) mass is 270 g/mol. The fraction of sp³-hybridized carbons (Fsp3) is 0.462. The average molecular weight is 271 g/mol. The number of halogens is 1. The summed E-state index contributed by atoms with van der Waals surface area (Å²) in [6.07, 6.45) is -0.207. The van der Waals surface area contributed by atoms with Gasteiger partial charge in [0.2, 0.25) is 0 Å². The number of hydrogen-bond donors (Lipinski definition) is 2. The van der Waals surface area contributed by atoms with Crippen LogP contribution in [0.25, 0.3) is 0 Å². The highest BCUT2D eigenvalue weighted by molar-refractivity contribution is 6.30. The topological polar surface area (TPSA) is 50.4 Å². The molecule has 1 atom stereocenters. The maximum Gasteiger partial charge on any atom is 0.315 e. The Morgan fingerprint density at radius 2 is 2.17 bits per heavy atom. The molecule has 100 valence electrons. The zero-order chi connectivity index (χ0) is 13.5. The molecule has 5 heteroatoms. The highest BCUT2D eigenvalue weighted by Gasteiger charge is 2.12. The SMILES string of the molecule is COC(CNC(=O)NC(C)C)c1cccc(Cl)c1. The number of carbonyl (C=O) groups excluding carboxylic acids is 1. The lowest BCUT2D eigenvalue weighted by atomic mass is 10.1. The fourth-order valence-corrected chi connectivity index (χ4v) is 1.74. The normalized spacial score (nSPS) is 12.3. The fourth-order valence-electron chi connectivity index (χ4n) is 1.54. The number of methoxy groups -OCH3 is 1. The third-order valence-electron chi connectivity index (χ3n) is 2.37. The van der Waals surface area contributed by atoms with Gasteiger partial charge >= 0.3 is 6.03 Å². The van der Waals surface area contributed by atoms with E-state index in [1.54, 1.807) is 13.2 Å². The third kappa shape index (κ3) is 4.94. The molecule has 2 N–H and O–H groups in total. The molecular weight excluding hydrogens is 252 g/mol. The number of urea groups is 1. The molecular formula is C13H19ClN2O2. The second kappa shape index (κ2) is 7.24. The summed E-state index contributed by atoms with van der Waals surface area (Å²) in [4.78, 5) is 11.5. The van der Waals surface area contributed by atoms with Crippen molar-refractivity contribution in [3.63, 3.8) is 0 Å². The Labute approximate surface area is 113 Å². The van der Waals surface area contributed by atoms with Crippen molar-refractivity contribution >= 4 is 17.6 Å². The van der Waals surface area contributed by atoms with Crippen LogP contribution in [0, 0.1) is 0 Å². The number of amides is 2. The number of carbonyl (C=O) groups is 1. The third-order valence-corrected chi connectivity index (χ3v) is 2.61. The highest BCUT2D eigenvalue weighted by Crippen LogP contribution is 2.19. The maximum absolute atomic E-state index is 11.5. The van der Waals surface area contributed by atoms with Crippen molar-refractivity contribution in [1.29, 1.82) is 0 Å². The Morgan fingerprint density at radius 1 is 1.44 bits per heavy atom. The predicted octanol–water partition coefficient (Wildman–Crippen LogP) is 2.74. The first-order chi connectivity index (χ1) is 8.52. The van der Waals surface area contributed by atoms with E-state index in [0.717, 1.165) is 5.56 Å². The molecule has 0 fully saturated rings. The molecule has 0 aliphatic carbocycles. The van der Waals surface area contributed by atoms with Crippen molar-refractivity contribution < 1.29 is 9.53 Å². The summed E-state index contributed by atoms with van der Waals surface area (Å²) in [5.74, 6) is 0. The van der Waals surface area contributed by atoms with Crippen molar-refractivity contribution in [2.75, 3.05) is 13.7 Å². The van der Waals surface area contributed by atoms with Gasteiger partial charge in [-0.25, -0.2) is 4.79 Å². The van der Waals surface area contributed by atoms with E-state index in [0.29, 0.717) is 11.6 Å². The van der Waals surface area contributed by atoms with Crippen LogP contribution >= 0.6 is 11.6 Å². The molecule has 4 nitrogen and oxygen atoms in total. The van der Waals surface area contributed by atoms with Gasteiger partial charge in [-0.1, -0.05) is 23.7 Å². The lowest BCUT2D eigenvalue weighted by Crippen LogP contribution is -2.41. The van der Waals surface area contributed by atoms with Crippen molar-refractivity contribution in [3.8, 4) is 0 Å². The minimum Gasteiger partial charge on any atom is -0.375 e. The van der Waals surface area contributed by atoms with Gasteiger partial charge in [0.1, 0.15) is 0 Å². The first-order valence-corrected chi connectivity index (χ1v) is 6.23. The predicted molar refractivity (Wildman–Crippen MR) is 72.9 cm³/mol. The molecule has 0 spiro atoms. The molecule has 0 aliphatic rings. The maximum atomic E-state index is 11.5. The Hall–Kier alpha value is -1.26. The molecule has 0 radical (unpaired) electrons. The summed E-state index contributed by atoms with van der Waals surface area (Å²) in [7, 11) is 1.60. The van der Waals surface area contributed by atoms with Crippen LogP contribution in [0.3, 0.4) is 0 Å². The van der Waals surface area contributed by atoms with E-state index >= 15 is 0 Å². The van der Waals surface area contributed by atoms with Crippen LogP contribution in [0.2, 0.25) is 5.02 Å². The van der Waals surface area contributed by atoms with Gasteiger partial charge in [-0.15, -0.1) is 0 Å². The van der Waals surface area contributed by atoms with Gasteiger partial charge in [-0.3, -0.25) is 0 Å². The lowest BCUT2D eigenvalue weighted by molar-refractivity contribution is 0.104. The van der Waals surface area contributed by atoms with Gasteiger partial charge in [-0.05, 0) is 31.5 Å². The second-order valence-corrected chi connectivity index (χ2v) is 4.72. The van der Waals surface area contributed by atoms with E-state index in [-0.39, 0.29) is 18.2 Å². The molecule has 0 bridgehead atoms. The average Bonchev–Trinajstić information content (AvgIpc) is 2.29. The van der Waals surface area contributed by atoms with Crippen molar-refractivity contribution in [2.45, 2.75) is 26.0 Å². The van der Waals surface area contributed by atoms with Gasteiger partial charge in [0.05, 0.1) is 6.10 Å². The first-order valence-electron chi connectivity index (χ1n) is 5.85. The van der Waals surface area contributed by atoms with E-state index in [9.17, 15) is 4.79 Å². The van der Waals surface area contributed by atoms with E-state index in [4.69, 9.17) is 16.3 Å². The second-order valence-electron chi connectivity index (χ2n) is 4.29. The highest BCUT2D eigenvalue weighted by atomic mass is 35.5. The Balaban J connectivity index is 2.55. The summed E-state index contributed by atoms with van der Waals surface area (Å²) >= 11 is 5.92. The van der Waals surface area contributed by atoms with Crippen LogP contribution in [0.4, 0.5) is 4.79 Å². The summed E-state index contributed by atoms with van der Waals surface area (Å²) in [5, 5.41) is 6.17. The van der Waals surface area contributed by atoms with Crippen LogP contribution in [-0.4, -0.2) is 25.7 Å². The molecule has 0 saturated carbocycles. The molecule has 0 heterocycles. The number of ether oxygens (including phenoxy) is 1. The van der Waals surface area contributed by atoms with Crippen LogP contribution in [0.1, 0.15) is 25.5 Å². The molecule has 0 aliphatic heterocycles. The van der Waals surface area contributed by atoms with E-state index in [1.165, 1.54) is 0 Å². The lowest BCUT2D eigenvalue weighted by Gasteiger charge is -2.17. The van der Waals surface area contributed by atoms with Crippen LogP contribution < -0.4 is 10.6 Å². The summed E-state index contributed by atoms with van der Waals surface area (Å²) in [6.45, 7) is 4.21. The van der Waals surface area contributed by atoms with E-state index < -0.39 is 0 Å². The van der Waals surface area contributed by atoms with Crippen LogP contribution in [-0.2, 0) is 4.74 Å². The molecule has 1 aromatic rings. The zero-order valence-electron chi connectivity index (χ0n) is 10.9. The Kier molecular flexibility index (Phi) is 5.95. The van der Waals surface area contributed by atoms with Crippen LogP contribution in [0.15, 0.2) is 24.3 Å². The van der Waals surface area contributed by atoms with Crippen molar-refractivity contribution in [2.24, 2.45) is 0 Å². The molecule has 2 amide bonds. The molecule has 18 heavy (non-hydrogen) atoms. The summed E-state index contributed by atoms with van der Waals surface area (Å²) < 4.78 is 5.35. The van der Waals surface area contributed by atoms with Crippen LogP contribution in [0.5, 0.6) is 0 Å². The van der Waals surface area contributed by atoms with Crippen molar-refractivity contribution in [1.82, 2.24) is 10.6 Å². The first kappa shape index (κ1) is 14.8. The van der Waals surface area contributed by atoms with Gasteiger partial charge in [0.25, 0.3) is 0 Å². The zero-order valence-corrected chi connectivity index (χ0v) is 11.6. The minimum atomic E-state index is -0.207. The summed E-state index contributed by atoms with van der Waals surface area (Å²) in [5.41, 5.74) is 0.940. The molecule has 1 aromatic carbocycles. The largest absolute Gasteiger partial charge is 0.375 e. The van der Waals surface area contributed by atoms with Gasteiger partial charge in [0.15, 0.2) is 0 Å². The standard InChI is InChI=1S/C13H19ClN2O2/c1-9(2)16-13(17)15-8-12(18-3)10-5-4-6-11(14)7-10/h4-7,9,12H,8H2,1-3H3,(H2,15,16,17). The number of rotatable bonds is 5. The molecule has 1 rings (SSSR count). The number of nitrogens with one attached hydrogen (secondary N) is 2. The van der Waals surface area contributed by atoms with Crippen molar-refractivity contribution in [3.05, 3.63) is 34.9 Å². The van der Waals surface area contributed by atoms with E-state index in [1.807, 2.05) is 32.0 Å².